The summed E-state index contributed by atoms with van der Waals surface area (Å²) in [6.07, 6.45) is 3.73. The van der Waals surface area contributed by atoms with Gasteiger partial charge in [-0.15, -0.1) is 0 Å². The molecule has 5 atom stereocenters. The lowest BCUT2D eigenvalue weighted by Gasteiger charge is -2.37. The van der Waals surface area contributed by atoms with Crippen molar-refractivity contribution in [3.63, 3.8) is 0 Å². The van der Waals surface area contributed by atoms with Crippen LogP contribution in [0.1, 0.15) is 58.9 Å². The average molecular weight is 423 g/mol. The zero-order valence-electron chi connectivity index (χ0n) is 19.5. The fraction of sp³-hybridized carbons (Fsp3) is 0.536. The maximum absolute atomic E-state index is 12.7. The van der Waals surface area contributed by atoms with E-state index in [1.165, 1.54) is 12.0 Å². The number of carbonyl (C=O) groups excluding carboxylic acids is 1. The number of rotatable bonds is 8. The molecule has 1 N–H and O–H groups in total. The molecule has 1 aliphatic carbocycles. The lowest BCUT2D eigenvalue weighted by Crippen LogP contribution is -2.37. The van der Waals surface area contributed by atoms with Crippen molar-refractivity contribution in [2.45, 2.75) is 72.0 Å². The smallest absolute Gasteiger partial charge is 0.309 e. The Morgan fingerprint density at radius 2 is 1.65 bits per heavy atom. The van der Waals surface area contributed by atoms with Crippen LogP contribution >= 0.6 is 0 Å². The van der Waals surface area contributed by atoms with Crippen molar-refractivity contribution in [1.29, 1.82) is 0 Å². The van der Waals surface area contributed by atoms with Gasteiger partial charge in [0.25, 0.3) is 0 Å². The predicted molar refractivity (Wildman–Crippen MR) is 127 cm³/mol. The number of benzene rings is 2. The van der Waals surface area contributed by atoms with Crippen molar-refractivity contribution < 1.29 is 14.6 Å². The molecule has 3 heteroatoms. The number of carbonyl (C=O) groups is 1. The molecule has 2 aromatic rings. The van der Waals surface area contributed by atoms with E-state index < -0.39 is 6.10 Å². The minimum absolute atomic E-state index is 0.0152. The first-order valence-electron chi connectivity index (χ1n) is 11.9. The van der Waals surface area contributed by atoms with Crippen LogP contribution in [0.15, 0.2) is 54.6 Å². The second-order valence-corrected chi connectivity index (χ2v) is 9.86. The fourth-order valence-corrected chi connectivity index (χ4v) is 4.84. The second kappa shape index (κ2) is 10.9. The van der Waals surface area contributed by atoms with Crippen LogP contribution in [0.4, 0.5) is 0 Å². The molecule has 0 bridgehead atoms. The van der Waals surface area contributed by atoms with E-state index in [0.717, 1.165) is 24.0 Å². The van der Waals surface area contributed by atoms with Crippen molar-refractivity contribution in [2.75, 3.05) is 0 Å². The zero-order chi connectivity index (χ0) is 22.4. The normalized spacial score (nSPS) is 23.4. The molecule has 2 aromatic carbocycles. The molecule has 0 unspecified atom stereocenters. The van der Waals surface area contributed by atoms with E-state index in [1.807, 2.05) is 25.1 Å². The first-order chi connectivity index (χ1) is 14.8. The molecule has 1 saturated carbocycles. The molecule has 0 spiro atoms. The molecule has 0 radical (unpaired) electrons. The highest BCUT2D eigenvalue weighted by atomic mass is 16.5. The molecular formula is C28H38O3. The minimum Gasteiger partial charge on any atom is -0.462 e. The Morgan fingerprint density at radius 1 is 1.00 bits per heavy atom. The lowest BCUT2D eigenvalue weighted by molar-refractivity contribution is -0.161. The molecule has 1 fully saturated rings. The molecule has 31 heavy (non-hydrogen) atoms. The van der Waals surface area contributed by atoms with E-state index in [9.17, 15) is 9.90 Å². The molecule has 1 aliphatic rings. The Hall–Kier alpha value is -2.13. The van der Waals surface area contributed by atoms with Gasteiger partial charge in [-0.25, -0.2) is 0 Å². The topological polar surface area (TPSA) is 46.5 Å². The summed E-state index contributed by atoms with van der Waals surface area (Å²) in [6.45, 7) is 8.56. The van der Waals surface area contributed by atoms with Crippen LogP contribution in [0, 0.1) is 23.7 Å². The Morgan fingerprint density at radius 3 is 2.29 bits per heavy atom. The Bertz CT molecular complexity index is 812. The highest BCUT2D eigenvalue weighted by Crippen LogP contribution is 2.36. The van der Waals surface area contributed by atoms with Crippen LogP contribution in [-0.2, 0) is 16.0 Å². The molecule has 3 rings (SSSR count). The van der Waals surface area contributed by atoms with Gasteiger partial charge in [0.05, 0.1) is 12.0 Å². The summed E-state index contributed by atoms with van der Waals surface area (Å²) in [7, 11) is 0. The summed E-state index contributed by atoms with van der Waals surface area (Å²) < 4.78 is 5.96. The fourth-order valence-electron chi connectivity index (χ4n) is 4.84. The molecule has 0 saturated heterocycles. The van der Waals surface area contributed by atoms with E-state index in [1.54, 1.807) is 0 Å². The summed E-state index contributed by atoms with van der Waals surface area (Å²) in [6, 6.07) is 18.6. The van der Waals surface area contributed by atoms with Crippen molar-refractivity contribution in [1.82, 2.24) is 0 Å². The lowest BCUT2D eigenvalue weighted by atomic mass is 9.75. The van der Waals surface area contributed by atoms with Crippen LogP contribution < -0.4 is 0 Å². The van der Waals surface area contributed by atoms with Gasteiger partial charge in [-0.1, -0.05) is 88.7 Å². The van der Waals surface area contributed by atoms with Gasteiger partial charge >= 0.3 is 5.97 Å². The van der Waals surface area contributed by atoms with E-state index in [2.05, 4.69) is 57.2 Å². The Kier molecular flexibility index (Phi) is 8.31. The van der Waals surface area contributed by atoms with Gasteiger partial charge in [0, 0.05) is 0 Å². The zero-order valence-corrected chi connectivity index (χ0v) is 19.5. The average Bonchev–Trinajstić information content (AvgIpc) is 2.74. The maximum Gasteiger partial charge on any atom is 0.309 e. The first-order valence-corrected chi connectivity index (χ1v) is 11.9. The van der Waals surface area contributed by atoms with Gasteiger partial charge in [0.15, 0.2) is 0 Å². The molecule has 0 amide bonds. The van der Waals surface area contributed by atoms with Crippen molar-refractivity contribution in [3.05, 3.63) is 60.2 Å². The third-order valence-corrected chi connectivity index (χ3v) is 6.79. The molecular weight excluding hydrogens is 384 g/mol. The van der Waals surface area contributed by atoms with Crippen LogP contribution in [0.5, 0.6) is 0 Å². The number of esters is 1. The largest absolute Gasteiger partial charge is 0.462 e. The molecule has 3 nitrogen and oxygen atoms in total. The summed E-state index contributed by atoms with van der Waals surface area (Å²) in [5.41, 5.74) is 3.42. The van der Waals surface area contributed by atoms with E-state index in [-0.39, 0.29) is 18.0 Å². The number of aliphatic hydroxyl groups excluding tert-OH is 1. The number of aliphatic hydroxyl groups is 1. The predicted octanol–water partition coefficient (Wildman–Crippen LogP) is 6.29. The summed E-state index contributed by atoms with van der Waals surface area (Å²) in [5, 5.41) is 10.6. The van der Waals surface area contributed by atoms with Crippen molar-refractivity contribution in [2.24, 2.45) is 23.7 Å². The highest BCUT2D eigenvalue weighted by molar-refractivity contribution is 5.72. The van der Waals surface area contributed by atoms with Crippen LogP contribution in [0.3, 0.4) is 0 Å². The third kappa shape index (κ3) is 6.67. The van der Waals surface area contributed by atoms with Gasteiger partial charge in [-0.3, -0.25) is 4.79 Å². The third-order valence-electron chi connectivity index (χ3n) is 6.79. The highest BCUT2D eigenvalue weighted by Gasteiger charge is 2.34. The molecule has 0 aliphatic heterocycles. The summed E-state index contributed by atoms with van der Waals surface area (Å²) >= 11 is 0. The molecule has 168 valence electrons. The quantitative estimate of drug-likeness (QED) is 0.509. The van der Waals surface area contributed by atoms with Crippen LogP contribution in [0.25, 0.3) is 11.1 Å². The molecule has 0 aromatic heterocycles. The van der Waals surface area contributed by atoms with Gasteiger partial charge < -0.3 is 9.84 Å². The second-order valence-electron chi connectivity index (χ2n) is 9.86. The van der Waals surface area contributed by atoms with Crippen molar-refractivity contribution in [3.8, 4) is 11.1 Å². The Balaban J connectivity index is 1.51. The summed E-state index contributed by atoms with van der Waals surface area (Å²) in [5.74, 6) is 1.10. The van der Waals surface area contributed by atoms with Crippen LogP contribution in [0.2, 0.25) is 0 Å². The first kappa shape index (κ1) is 23.5. The number of hydrogen-bond acceptors (Lipinski definition) is 3. The standard InChI is InChI=1S/C28H38O3/c1-19(2)26-15-10-20(3)16-27(26)31-28(30)21(4)17-25(29)18-22-11-13-24(14-12-22)23-8-6-5-7-9-23/h5-9,11-14,19-21,25-27,29H,10,15-18H2,1-4H3/t20-,21-,25-,26+,27-/m1/s1. The van der Waals surface area contributed by atoms with E-state index in [0.29, 0.717) is 30.6 Å². The van der Waals surface area contributed by atoms with Gasteiger partial charge in [-0.2, -0.15) is 0 Å². The van der Waals surface area contributed by atoms with Crippen molar-refractivity contribution >= 4 is 5.97 Å². The maximum atomic E-state index is 12.7. The van der Waals surface area contributed by atoms with Crippen LogP contribution in [-0.4, -0.2) is 23.3 Å². The monoisotopic (exact) mass is 422 g/mol. The minimum atomic E-state index is -0.559. The van der Waals surface area contributed by atoms with Gasteiger partial charge in [0.2, 0.25) is 0 Å². The number of ether oxygens (including phenoxy) is 1. The van der Waals surface area contributed by atoms with E-state index >= 15 is 0 Å². The molecule has 0 heterocycles. The number of hydrogen-bond donors (Lipinski definition) is 1. The van der Waals surface area contributed by atoms with E-state index in [4.69, 9.17) is 4.74 Å². The van der Waals surface area contributed by atoms with Gasteiger partial charge in [-0.05, 0) is 60.1 Å². The van der Waals surface area contributed by atoms with Gasteiger partial charge in [0.1, 0.15) is 6.10 Å². The Labute approximate surface area is 187 Å². The SMILES string of the molecule is CC(C)[C@@H]1CC[C@@H](C)C[C@H]1OC(=O)[C@H](C)C[C@@H](O)Cc1ccc(-c2ccccc2)cc1. The summed E-state index contributed by atoms with van der Waals surface area (Å²) in [4.78, 5) is 12.7.